The van der Waals surface area contributed by atoms with Gasteiger partial charge in [-0.05, 0) is 25.3 Å². The Hall–Kier alpha value is -0.340. The summed E-state index contributed by atoms with van der Waals surface area (Å²) in [6, 6.07) is 0. The van der Waals surface area contributed by atoms with E-state index in [4.69, 9.17) is 0 Å². The molecule has 0 aliphatic heterocycles. The van der Waals surface area contributed by atoms with Crippen molar-refractivity contribution in [3.8, 4) is 0 Å². The summed E-state index contributed by atoms with van der Waals surface area (Å²) in [6.07, 6.45) is 6.28. The molecule has 14 heavy (non-hydrogen) atoms. The number of rotatable bonds is 8. The first-order valence-electron chi connectivity index (χ1n) is 5.90. The Balaban J connectivity index is 2.01. The van der Waals surface area contributed by atoms with E-state index in [2.05, 4.69) is 23.7 Å². The molecular weight excluding hydrogens is 172 g/mol. The second-order valence-corrected chi connectivity index (χ2v) is 4.18. The minimum Gasteiger partial charge on any atom is -0.312 e. The van der Waals surface area contributed by atoms with E-state index in [0.29, 0.717) is 0 Å². The van der Waals surface area contributed by atoms with Crippen molar-refractivity contribution < 1.29 is 0 Å². The molecule has 1 aliphatic rings. The predicted octanol–water partition coefficient (Wildman–Crippen LogP) is 1.88. The molecule has 0 radical (unpaired) electrons. The average molecular weight is 196 g/mol. The van der Waals surface area contributed by atoms with Gasteiger partial charge in [-0.25, -0.2) is 0 Å². The number of hydrogen-bond acceptors (Lipinski definition) is 2. The van der Waals surface area contributed by atoms with Gasteiger partial charge in [-0.15, -0.1) is 6.58 Å². The lowest BCUT2D eigenvalue weighted by atomic mass is 9.85. The van der Waals surface area contributed by atoms with E-state index in [1.807, 2.05) is 6.08 Å². The van der Waals surface area contributed by atoms with Gasteiger partial charge in [0.1, 0.15) is 0 Å². The van der Waals surface area contributed by atoms with E-state index >= 15 is 0 Å². The molecule has 0 aromatic heterocycles. The normalized spacial score (nSPS) is 17.0. The lowest BCUT2D eigenvalue weighted by Gasteiger charge is -2.31. The SMILES string of the molecule is C=CCNCCN(CC)CC1CCC1. The fourth-order valence-electron chi connectivity index (χ4n) is 1.86. The maximum absolute atomic E-state index is 3.69. The van der Waals surface area contributed by atoms with E-state index in [9.17, 15) is 0 Å². The zero-order valence-electron chi connectivity index (χ0n) is 9.47. The smallest absolute Gasteiger partial charge is 0.0132 e. The summed E-state index contributed by atoms with van der Waals surface area (Å²) < 4.78 is 0. The van der Waals surface area contributed by atoms with Gasteiger partial charge in [0, 0.05) is 26.2 Å². The zero-order valence-corrected chi connectivity index (χ0v) is 9.47. The Kier molecular flexibility index (Phi) is 5.88. The van der Waals surface area contributed by atoms with Crippen LogP contribution in [0.1, 0.15) is 26.2 Å². The summed E-state index contributed by atoms with van der Waals surface area (Å²) in [7, 11) is 0. The van der Waals surface area contributed by atoms with Crippen molar-refractivity contribution in [2.75, 3.05) is 32.7 Å². The third-order valence-electron chi connectivity index (χ3n) is 3.08. The summed E-state index contributed by atoms with van der Waals surface area (Å²) >= 11 is 0. The molecule has 1 fully saturated rings. The van der Waals surface area contributed by atoms with Crippen molar-refractivity contribution >= 4 is 0 Å². The Bertz CT molecular complexity index is 152. The molecule has 0 spiro atoms. The highest BCUT2D eigenvalue weighted by atomic mass is 15.1. The van der Waals surface area contributed by atoms with E-state index in [-0.39, 0.29) is 0 Å². The topological polar surface area (TPSA) is 15.3 Å². The predicted molar refractivity (Wildman–Crippen MR) is 62.5 cm³/mol. The minimum absolute atomic E-state index is 0.932. The lowest BCUT2D eigenvalue weighted by Crippen LogP contribution is -2.37. The second kappa shape index (κ2) is 7.02. The highest BCUT2D eigenvalue weighted by Gasteiger charge is 2.19. The first-order valence-corrected chi connectivity index (χ1v) is 5.90. The number of nitrogens with zero attached hydrogens (tertiary/aromatic N) is 1. The van der Waals surface area contributed by atoms with E-state index in [1.165, 1.54) is 38.9 Å². The quantitative estimate of drug-likeness (QED) is 0.471. The van der Waals surface area contributed by atoms with Crippen LogP contribution in [0.2, 0.25) is 0 Å². The van der Waals surface area contributed by atoms with Gasteiger partial charge in [-0.1, -0.05) is 19.4 Å². The standard InChI is InChI=1S/C12H24N2/c1-3-8-13-9-10-14(4-2)11-12-6-5-7-12/h3,12-13H,1,4-11H2,2H3. The summed E-state index contributed by atoms with van der Waals surface area (Å²) in [4.78, 5) is 2.56. The van der Waals surface area contributed by atoms with Crippen molar-refractivity contribution in [1.82, 2.24) is 10.2 Å². The highest BCUT2D eigenvalue weighted by Crippen LogP contribution is 2.26. The van der Waals surface area contributed by atoms with Crippen molar-refractivity contribution in [1.29, 1.82) is 0 Å². The van der Waals surface area contributed by atoms with Crippen LogP contribution in [-0.4, -0.2) is 37.6 Å². The van der Waals surface area contributed by atoms with Gasteiger partial charge >= 0.3 is 0 Å². The van der Waals surface area contributed by atoms with Gasteiger partial charge in [-0.2, -0.15) is 0 Å². The molecule has 0 amide bonds. The van der Waals surface area contributed by atoms with Crippen molar-refractivity contribution in [2.24, 2.45) is 5.92 Å². The molecule has 1 aliphatic carbocycles. The molecule has 0 saturated heterocycles. The fraction of sp³-hybridized carbons (Fsp3) is 0.833. The van der Waals surface area contributed by atoms with Crippen LogP contribution >= 0.6 is 0 Å². The van der Waals surface area contributed by atoms with Crippen LogP contribution < -0.4 is 5.32 Å². The van der Waals surface area contributed by atoms with Crippen LogP contribution in [0.5, 0.6) is 0 Å². The van der Waals surface area contributed by atoms with E-state index in [0.717, 1.165) is 19.0 Å². The van der Waals surface area contributed by atoms with Gasteiger partial charge in [0.2, 0.25) is 0 Å². The van der Waals surface area contributed by atoms with Gasteiger partial charge < -0.3 is 10.2 Å². The summed E-state index contributed by atoms with van der Waals surface area (Å²) in [5.74, 6) is 0.995. The Morgan fingerprint density at radius 2 is 2.29 bits per heavy atom. The Morgan fingerprint density at radius 1 is 1.50 bits per heavy atom. The van der Waals surface area contributed by atoms with E-state index in [1.54, 1.807) is 0 Å². The van der Waals surface area contributed by atoms with Gasteiger partial charge in [0.05, 0.1) is 0 Å². The first-order chi connectivity index (χ1) is 6.86. The molecule has 0 aromatic carbocycles. The Labute approximate surface area is 88.4 Å². The maximum atomic E-state index is 3.69. The highest BCUT2D eigenvalue weighted by molar-refractivity contribution is 4.74. The van der Waals surface area contributed by atoms with Crippen LogP contribution in [0.25, 0.3) is 0 Å². The van der Waals surface area contributed by atoms with Crippen LogP contribution in [0.15, 0.2) is 12.7 Å². The van der Waals surface area contributed by atoms with Crippen LogP contribution in [0.4, 0.5) is 0 Å². The summed E-state index contributed by atoms with van der Waals surface area (Å²) in [5.41, 5.74) is 0. The monoisotopic (exact) mass is 196 g/mol. The van der Waals surface area contributed by atoms with Crippen molar-refractivity contribution in [3.05, 3.63) is 12.7 Å². The molecule has 1 rings (SSSR count). The van der Waals surface area contributed by atoms with E-state index < -0.39 is 0 Å². The van der Waals surface area contributed by atoms with Crippen molar-refractivity contribution in [3.63, 3.8) is 0 Å². The number of likely N-dealkylation sites (N-methyl/N-ethyl adjacent to an activating group) is 1. The second-order valence-electron chi connectivity index (χ2n) is 4.18. The molecule has 2 heteroatoms. The lowest BCUT2D eigenvalue weighted by molar-refractivity contribution is 0.185. The molecular formula is C12H24N2. The molecule has 2 nitrogen and oxygen atoms in total. The molecule has 1 N–H and O–H groups in total. The third kappa shape index (κ3) is 4.25. The number of hydrogen-bond donors (Lipinski definition) is 1. The van der Waals surface area contributed by atoms with Crippen LogP contribution in [0, 0.1) is 5.92 Å². The summed E-state index contributed by atoms with van der Waals surface area (Å²) in [6.45, 7) is 11.6. The summed E-state index contributed by atoms with van der Waals surface area (Å²) in [5, 5.41) is 3.35. The van der Waals surface area contributed by atoms with Gasteiger partial charge in [-0.3, -0.25) is 0 Å². The van der Waals surface area contributed by atoms with Crippen LogP contribution in [-0.2, 0) is 0 Å². The molecule has 0 bridgehead atoms. The first kappa shape index (κ1) is 11.7. The number of nitrogens with one attached hydrogen (secondary N) is 1. The molecule has 0 unspecified atom stereocenters. The van der Waals surface area contributed by atoms with Gasteiger partial charge in [0.25, 0.3) is 0 Å². The fourth-order valence-corrected chi connectivity index (χ4v) is 1.86. The minimum atomic E-state index is 0.932. The van der Waals surface area contributed by atoms with Crippen molar-refractivity contribution in [2.45, 2.75) is 26.2 Å². The largest absolute Gasteiger partial charge is 0.312 e. The third-order valence-corrected chi connectivity index (χ3v) is 3.08. The Morgan fingerprint density at radius 3 is 2.79 bits per heavy atom. The molecule has 0 atom stereocenters. The van der Waals surface area contributed by atoms with Crippen LogP contribution in [0.3, 0.4) is 0 Å². The molecule has 0 aromatic rings. The average Bonchev–Trinajstić information content (AvgIpc) is 2.14. The molecule has 0 heterocycles. The maximum Gasteiger partial charge on any atom is 0.0132 e. The van der Waals surface area contributed by atoms with Gasteiger partial charge in [0.15, 0.2) is 0 Å². The molecule has 1 saturated carbocycles. The molecule has 82 valence electrons. The zero-order chi connectivity index (χ0) is 10.2.